The van der Waals surface area contributed by atoms with Gasteiger partial charge in [0.05, 0.1) is 18.4 Å². The van der Waals surface area contributed by atoms with Gasteiger partial charge in [0.1, 0.15) is 12.4 Å². The van der Waals surface area contributed by atoms with Gasteiger partial charge in [-0.3, -0.25) is 4.79 Å². The van der Waals surface area contributed by atoms with E-state index in [1.165, 1.54) is 7.11 Å². The summed E-state index contributed by atoms with van der Waals surface area (Å²) in [7, 11) is 3.07. The molecule has 0 spiro atoms. The molecule has 0 aliphatic heterocycles. The lowest BCUT2D eigenvalue weighted by Crippen LogP contribution is -2.35. The number of methoxy groups -OCH3 is 1. The fourth-order valence-electron chi connectivity index (χ4n) is 3.81. The minimum absolute atomic E-state index is 0.00991. The molecule has 0 atom stereocenters. The summed E-state index contributed by atoms with van der Waals surface area (Å²) in [6.45, 7) is 2.63. The van der Waals surface area contributed by atoms with Crippen molar-refractivity contribution in [2.24, 2.45) is 11.8 Å². The summed E-state index contributed by atoms with van der Waals surface area (Å²) in [5.41, 5.74) is 1.92. The Morgan fingerprint density at radius 3 is 2.38 bits per heavy atom. The van der Waals surface area contributed by atoms with Crippen molar-refractivity contribution in [3.05, 3.63) is 59.7 Å². The van der Waals surface area contributed by atoms with Crippen LogP contribution in [0, 0.1) is 11.8 Å². The van der Waals surface area contributed by atoms with Crippen LogP contribution < -0.4 is 9.64 Å². The molecule has 1 fully saturated rings. The first-order valence-corrected chi connectivity index (χ1v) is 10.2. The predicted molar refractivity (Wildman–Crippen MR) is 113 cm³/mol. The maximum Gasteiger partial charge on any atom is 0.340 e. The van der Waals surface area contributed by atoms with Crippen LogP contribution in [0.5, 0.6) is 5.75 Å². The highest BCUT2D eigenvalue weighted by atomic mass is 16.5. The minimum atomic E-state index is -0.484. The molecule has 0 radical (unpaired) electrons. The van der Waals surface area contributed by atoms with Crippen LogP contribution >= 0.6 is 0 Å². The van der Waals surface area contributed by atoms with Crippen LogP contribution in [0.4, 0.5) is 5.69 Å². The van der Waals surface area contributed by atoms with Gasteiger partial charge < -0.3 is 14.4 Å². The van der Waals surface area contributed by atoms with Crippen molar-refractivity contribution in [1.29, 1.82) is 0 Å². The fourth-order valence-corrected chi connectivity index (χ4v) is 3.81. The first kappa shape index (κ1) is 20.9. The van der Waals surface area contributed by atoms with Gasteiger partial charge in [0, 0.05) is 13.0 Å². The Labute approximate surface area is 172 Å². The Hall–Kier alpha value is -2.82. The molecule has 2 aromatic rings. The molecule has 0 aromatic heterocycles. The van der Waals surface area contributed by atoms with Crippen LogP contribution in [0.3, 0.4) is 0 Å². The number of hydrogen-bond donors (Lipinski definition) is 0. The third-order valence-electron chi connectivity index (χ3n) is 5.68. The summed E-state index contributed by atoms with van der Waals surface area (Å²) in [6, 6.07) is 15.0. The first-order chi connectivity index (χ1) is 14.0. The molecule has 1 amide bonds. The number of carbonyl (C=O) groups excluding carboxylic acids is 2. The summed E-state index contributed by atoms with van der Waals surface area (Å²) in [5, 5.41) is 0. The molecule has 5 heteroatoms. The van der Waals surface area contributed by atoms with E-state index in [1.807, 2.05) is 30.3 Å². The maximum absolute atomic E-state index is 13.0. The van der Waals surface area contributed by atoms with E-state index in [4.69, 9.17) is 9.47 Å². The molecule has 0 heterocycles. The van der Waals surface area contributed by atoms with E-state index < -0.39 is 5.97 Å². The smallest absolute Gasteiger partial charge is 0.340 e. The van der Waals surface area contributed by atoms with Crippen molar-refractivity contribution in [2.75, 3.05) is 19.1 Å². The second-order valence-corrected chi connectivity index (χ2v) is 7.80. The Kier molecular flexibility index (Phi) is 6.91. The number of ether oxygens (including phenoxy) is 2. The standard InChI is InChI=1S/C24H29NO4/c1-17-9-11-19(12-10-17)23(26)25(2)22-14-13-20(15-21(22)24(27)28-3)29-16-18-7-5-4-6-8-18/h4-8,13-15,17,19H,9-12,16H2,1-3H3. The Morgan fingerprint density at radius 1 is 1.03 bits per heavy atom. The zero-order valence-electron chi connectivity index (χ0n) is 17.4. The molecule has 1 saturated carbocycles. The number of hydrogen-bond acceptors (Lipinski definition) is 4. The van der Waals surface area contributed by atoms with E-state index >= 15 is 0 Å². The normalized spacial score (nSPS) is 18.7. The number of rotatable bonds is 6. The van der Waals surface area contributed by atoms with Crippen molar-refractivity contribution in [2.45, 2.75) is 39.2 Å². The summed E-state index contributed by atoms with van der Waals surface area (Å²) < 4.78 is 10.8. The van der Waals surface area contributed by atoms with Crippen molar-refractivity contribution >= 4 is 17.6 Å². The van der Waals surface area contributed by atoms with Crippen LogP contribution in [0.1, 0.15) is 48.5 Å². The molecular formula is C24H29NO4. The lowest BCUT2D eigenvalue weighted by atomic mass is 9.82. The lowest BCUT2D eigenvalue weighted by Gasteiger charge is -2.29. The number of amides is 1. The molecular weight excluding hydrogens is 366 g/mol. The van der Waals surface area contributed by atoms with Gasteiger partial charge >= 0.3 is 5.97 Å². The fraction of sp³-hybridized carbons (Fsp3) is 0.417. The quantitative estimate of drug-likeness (QED) is 0.657. The van der Waals surface area contributed by atoms with E-state index in [9.17, 15) is 9.59 Å². The number of nitrogens with zero attached hydrogens (tertiary/aromatic N) is 1. The topological polar surface area (TPSA) is 55.8 Å². The molecule has 1 aliphatic rings. The van der Waals surface area contributed by atoms with Crippen molar-refractivity contribution in [1.82, 2.24) is 0 Å². The van der Waals surface area contributed by atoms with Gasteiger partial charge in [0.25, 0.3) is 0 Å². The minimum Gasteiger partial charge on any atom is -0.489 e. The van der Waals surface area contributed by atoms with E-state index in [2.05, 4.69) is 6.92 Å². The van der Waals surface area contributed by atoms with Crippen LogP contribution in [0.25, 0.3) is 0 Å². The van der Waals surface area contributed by atoms with E-state index in [-0.39, 0.29) is 11.8 Å². The Morgan fingerprint density at radius 2 is 1.72 bits per heavy atom. The second-order valence-electron chi connectivity index (χ2n) is 7.80. The monoisotopic (exact) mass is 395 g/mol. The number of anilines is 1. The average molecular weight is 395 g/mol. The van der Waals surface area contributed by atoms with Gasteiger partial charge in [-0.15, -0.1) is 0 Å². The highest BCUT2D eigenvalue weighted by Gasteiger charge is 2.29. The molecule has 0 bridgehead atoms. The molecule has 154 valence electrons. The highest BCUT2D eigenvalue weighted by molar-refractivity contribution is 6.03. The Balaban J connectivity index is 1.78. The summed E-state index contributed by atoms with van der Waals surface area (Å²) in [4.78, 5) is 27.0. The van der Waals surface area contributed by atoms with E-state index in [0.29, 0.717) is 29.5 Å². The maximum atomic E-state index is 13.0. The summed E-state index contributed by atoms with van der Waals surface area (Å²) in [5.74, 6) is 0.819. The molecule has 0 unspecified atom stereocenters. The van der Waals surface area contributed by atoms with Crippen molar-refractivity contribution in [3.8, 4) is 5.75 Å². The van der Waals surface area contributed by atoms with E-state index in [1.54, 1.807) is 30.1 Å². The van der Waals surface area contributed by atoms with Gasteiger partial charge in [0.15, 0.2) is 0 Å². The van der Waals surface area contributed by atoms with Crippen LogP contribution in [0.2, 0.25) is 0 Å². The summed E-state index contributed by atoms with van der Waals surface area (Å²) >= 11 is 0. The number of esters is 1. The highest BCUT2D eigenvalue weighted by Crippen LogP contribution is 2.32. The lowest BCUT2D eigenvalue weighted by molar-refractivity contribution is -0.123. The van der Waals surface area contributed by atoms with Crippen LogP contribution in [-0.4, -0.2) is 26.0 Å². The van der Waals surface area contributed by atoms with Gasteiger partial charge in [-0.2, -0.15) is 0 Å². The molecule has 29 heavy (non-hydrogen) atoms. The molecule has 1 aliphatic carbocycles. The van der Waals surface area contributed by atoms with Crippen molar-refractivity contribution < 1.29 is 19.1 Å². The van der Waals surface area contributed by atoms with Gasteiger partial charge in [0.2, 0.25) is 5.91 Å². The zero-order chi connectivity index (χ0) is 20.8. The Bertz CT molecular complexity index is 841. The van der Waals surface area contributed by atoms with Gasteiger partial charge in [-0.05, 0) is 55.4 Å². The predicted octanol–water partition coefficient (Wildman–Crippen LogP) is 4.84. The van der Waals surface area contributed by atoms with Gasteiger partial charge in [-0.1, -0.05) is 37.3 Å². The summed E-state index contributed by atoms with van der Waals surface area (Å²) in [6.07, 6.45) is 3.94. The first-order valence-electron chi connectivity index (χ1n) is 10.2. The molecule has 0 N–H and O–H groups in total. The number of benzene rings is 2. The molecule has 2 aromatic carbocycles. The van der Waals surface area contributed by atoms with Crippen molar-refractivity contribution in [3.63, 3.8) is 0 Å². The molecule has 3 rings (SSSR count). The average Bonchev–Trinajstić information content (AvgIpc) is 2.77. The van der Waals surface area contributed by atoms with Crippen LogP contribution in [-0.2, 0) is 16.1 Å². The molecule has 5 nitrogen and oxygen atoms in total. The van der Waals surface area contributed by atoms with Crippen LogP contribution in [0.15, 0.2) is 48.5 Å². The number of carbonyl (C=O) groups is 2. The third-order valence-corrected chi connectivity index (χ3v) is 5.68. The van der Waals surface area contributed by atoms with Gasteiger partial charge in [-0.25, -0.2) is 4.79 Å². The zero-order valence-corrected chi connectivity index (χ0v) is 17.4. The second kappa shape index (κ2) is 9.59. The van der Waals surface area contributed by atoms with E-state index in [0.717, 1.165) is 31.2 Å². The molecule has 0 saturated heterocycles. The third kappa shape index (κ3) is 5.17. The SMILES string of the molecule is COC(=O)c1cc(OCc2ccccc2)ccc1N(C)C(=O)C1CCC(C)CC1. The largest absolute Gasteiger partial charge is 0.489 e.